The topological polar surface area (TPSA) is 74.6 Å². The van der Waals surface area contributed by atoms with Gasteiger partial charge in [0.05, 0.1) is 0 Å². The third-order valence-electron chi connectivity index (χ3n) is 4.33. The summed E-state index contributed by atoms with van der Waals surface area (Å²) in [6, 6.07) is 9.05. The number of carbonyl (C=O) groups excluding carboxylic acids is 1. The van der Waals surface area contributed by atoms with Crippen LogP contribution in [0.1, 0.15) is 20.8 Å². The summed E-state index contributed by atoms with van der Waals surface area (Å²) >= 11 is 3.30. The Balaban J connectivity index is 1.52. The van der Waals surface area contributed by atoms with Gasteiger partial charge in [0, 0.05) is 53.7 Å². The van der Waals surface area contributed by atoms with E-state index in [9.17, 15) is 14.4 Å². The third-order valence-corrected chi connectivity index (χ3v) is 6.31. The molecule has 6 nitrogen and oxygen atoms in total. The molecule has 8 heteroatoms. The molecule has 134 valence electrons. The highest BCUT2D eigenvalue weighted by Crippen LogP contribution is 2.20. The molecule has 3 aromatic rings. The number of thiazole rings is 1. The summed E-state index contributed by atoms with van der Waals surface area (Å²) in [5, 5.41) is 0. The molecule has 0 saturated carbocycles. The van der Waals surface area contributed by atoms with E-state index >= 15 is 0 Å². The molecule has 0 aliphatic carbocycles. The second-order valence-electron chi connectivity index (χ2n) is 6.12. The number of aromatic amines is 1. The predicted molar refractivity (Wildman–Crippen MR) is 105 cm³/mol. The van der Waals surface area contributed by atoms with E-state index in [0.29, 0.717) is 16.8 Å². The normalized spacial score (nSPS) is 14.7. The number of nitrogens with one attached hydrogen (secondary N) is 1. The molecule has 0 atom stereocenters. The zero-order chi connectivity index (χ0) is 18.1. The zero-order valence-corrected chi connectivity index (χ0v) is 15.6. The van der Waals surface area contributed by atoms with Gasteiger partial charge in [0.15, 0.2) is 0 Å². The van der Waals surface area contributed by atoms with E-state index in [4.69, 9.17) is 0 Å². The van der Waals surface area contributed by atoms with Crippen LogP contribution in [0.25, 0.3) is 4.83 Å². The van der Waals surface area contributed by atoms with Crippen molar-refractivity contribution in [3.63, 3.8) is 0 Å². The van der Waals surface area contributed by atoms with E-state index < -0.39 is 5.69 Å². The van der Waals surface area contributed by atoms with Crippen LogP contribution < -0.4 is 11.2 Å². The van der Waals surface area contributed by atoms with Crippen LogP contribution >= 0.6 is 23.1 Å². The van der Waals surface area contributed by atoms with E-state index in [0.717, 1.165) is 35.0 Å². The SMILES string of the molecule is O=C(c1ccc(Cc2cn3c(=O)[nH]c(=O)cc3s2)cc1)N1CCSCC1. The monoisotopic (exact) mass is 387 g/mol. The Hall–Kier alpha value is -2.32. The minimum absolute atomic E-state index is 0.0868. The third kappa shape index (κ3) is 3.47. The zero-order valence-electron chi connectivity index (χ0n) is 13.9. The largest absolute Gasteiger partial charge is 0.337 e. The first-order chi connectivity index (χ1) is 12.6. The van der Waals surface area contributed by atoms with Gasteiger partial charge in [0.1, 0.15) is 4.83 Å². The van der Waals surface area contributed by atoms with Crippen molar-refractivity contribution in [1.82, 2.24) is 14.3 Å². The molecule has 26 heavy (non-hydrogen) atoms. The lowest BCUT2D eigenvalue weighted by atomic mass is 10.1. The van der Waals surface area contributed by atoms with Crippen molar-refractivity contribution in [2.24, 2.45) is 0 Å². The van der Waals surface area contributed by atoms with Crippen LogP contribution in [-0.2, 0) is 6.42 Å². The van der Waals surface area contributed by atoms with E-state index in [-0.39, 0.29) is 11.5 Å². The Morgan fingerprint density at radius 2 is 1.85 bits per heavy atom. The van der Waals surface area contributed by atoms with Gasteiger partial charge in [-0.2, -0.15) is 11.8 Å². The van der Waals surface area contributed by atoms with Crippen molar-refractivity contribution in [3.8, 4) is 0 Å². The van der Waals surface area contributed by atoms with Crippen molar-refractivity contribution in [3.05, 3.63) is 73.4 Å². The fourth-order valence-corrected chi connectivity index (χ4v) is 4.95. The molecule has 0 spiro atoms. The summed E-state index contributed by atoms with van der Waals surface area (Å²) in [5.41, 5.74) is 0.957. The molecule has 1 amide bonds. The van der Waals surface area contributed by atoms with Crippen LogP contribution in [0, 0.1) is 0 Å². The highest BCUT2D eigenvalue weighted by molar-refractivity contribution is 7.99. The van der Waals surface area contributed by atoms with E-state index in [1.807, 2.05) is 40.9 Å². The van der Waals surface area contributed by atoms with Crippen LogP contribution in [0.2, 0.25) is 0 Å². The van der Waals surface area contributed by atoms with Gasteiger partial charge in [-0.1, -0.05) is 12.1 Å². The van der Waals surface area contributed by atoms with Crippen LogP contribution in [0.5, 0.6) is 0 Å². The highest BCUT2D eigenvalue weighted by Gasteiger charge is 2.18. The summed E-state index contributed by atoms with van der Waals surface area (Å²) in [6.07, 6.45) is 2.40. The first-order valence-corrected chi connectivity index (χ1v) is 10.3. The van der Waals surface area contributed by atoms with Crippen molar-refractivity contribution in [2.75, 3.05) is 24.6 Å². The quantitative estimate of drug-likeness (QED) is 0.744. The first kappa shape index (κ1) is 17.1. The fraction of sp³-hybridized carbons (Fsp3) is 0.278. The van der Waals surface area contributed by atoms with Crippen LogP contribution in [0.15, 0.2) is 46.1 Å². The Labute approximate surface area is 157 Å². The van der Waals surface area contributed by atoms with E-state index in [1.165, 1.54) is 21.8 Å². The highest BCUT2D eigenvalue weighted by atomic mass is 32.2. The standard InChI is InChI=1S/C18H17N3O3S2/c22-15-10-16-21(18(24)19-15)11-14(26-16)9-12-1-3-13(4-2-12)17(23)20-5-7-25-8-6-20/h1-4,10-11H,5-9H2,(H,19,22,24). The average molecular weight is 387 g/mol. The molecule has 4 rings (SSSR count). The van der Waals surface area contributed by atoms with Crippen LogP contribution in [-0.4, -0.2) is 44.8 Å². The Kier molecular flexibility index (Phi) is 4.69. The molecule has 0 unspecified atom stereocenters. The van der Waals surface area contributed by atoms with E-state index in [2.05, 4.69) is 4.98 Å². The summed E-state index contributed by atoms with van der Waals surface area (Å²) in [7, 11) is 0. The number of amides is 1. The molecule has 1 aliphatic heterocycles. The van der Waals surface area contributed by atoms with Gasteiger partial charge in [-0.25, -0.2) is 4.79 Å². The molecule has 2 aromatic heterocycles. The second kappa shape index (κ2) is 7.13. The van der Waals surface area contributed by atoms with Gasteiger partial charge in [0.2, 0.25) is 0 Å². The molecular formula is C18H17N3O3S2. The Bertz CT molecular complexity index is 1060. The maximum absolute atomic E-state index is 12.5. The lowest BCUT2D eigenvalue weighted by Crippen LogP contribution is -2.37. The molecule has 0 radical (unpaired) electrons. The van der Waals surface area contributed by atoms with Gasteiger partial charge in [-0.15, -0.1) is 11.3 Å². The summed E-state index contributed by atoms with van der Waals surface area (Å²) in [5.74, 6) is 2.08. The number of aromatic nitrogens is 2. The maximum atomic E-state index is 12.5. The maximum Gasteiger partial charge on any atom is 0.333 e. The summed E-state index contributed by atoms with van der Waals surface area (Å²) in [6.45, 7) is 1.61. The minimum atomic E-state index is -0.421. The number of hydrogen-bond acceptors (Lipinski definition) is 5. The number of benzene rings is 1. The van der Waals surface area contributed by atoms with Gasteiger partial charge < -0.3 is 4.90 Å². The Morgan fingerprint density at radius 3 is 2.58 bits per heavy atom. The Morgan fingerprint density at radius 1 is 1.12 bits per heavy atom. The number of rotatable bonds is 3. The molecule has 1 N–H and O–H groups in total. The molecule has 1 saturated heterocycles. The average Bonchev–Trinajstić information content (AvgIpc) is 3.05. The van der Waals surface area contributed by atoms with Crippen molar-refractivity contribution in [2.45, 2.75) is 6.42 Å². The first-order valence-electron chi connectivity index (χ1n) is 8.30. The fourth-order valence-electron chi connectivity index (χ4n) is 2.99. The number of carbonyl (C=O) groups is 1. The van der Waals surface area contributed by atoms with Crippen molar-refractivity contribution in [1.29, 1.82) is 0 Å². The number of nitrogens with zero attached hydrogens (tertiary/aromatic N) is 2. The lowest BCUT2D eigenvalue weighted by molar-refractivity contribution is 0.0772. The minimum Gasteiger partial charge on any atom is -0.337 e. The second-order valence-corrected chi connectivity index (χ2v) is 8.49. The molecule has 1 aliphatic rings. The number of thioether (sulfide) groups is 1. The van der Waals surface area contributed by atoms with Crippen molar-refractivity contribution >= 4 is 33.8 Å². The van der Waals surface area contributed by atoms with Gasteiger partial charge in [0.25, 0.3) is 11.5 Å². The summed E-state index contributed by atoms with van der Waals surface area (Å²) in [4.78, 5) is 41.5. The molecule has 1 fully saturated rings. The number of hydrogen-bond donors (Lipinski definition) is 1. The van der Waals surface area contributed by atoms with Gasteiger partial charge in [-0.05, 0) is 17.7 Å². The molecule has 1 aromatic carbocycles. The molecular weight excluding hydrogens is 370 g/mol. The van der Waals surface area contributed by atoms with Crippen molar-refractivity contribution < 1.29 is 4.79 Å². The predicted octanol–water partition coefficient (Wildman–Crippen LogP) is 1.83. The lowest BCUT2D eigenvalue weighted by Gasteiger charge is -2.26. The van der Waals surface area contributed by atoms with E-state index in [1.54, 1.807) is 6.20 Å². The molecule has 3 heterocycles. The smallest absolute Gasteiger partial charge is 0.333 e. The number of fused-ring (bicyclic) bond motifs is 1. The van der Waals surface area contributed by atoms with Gasteiger partial charge >= 0.3 is 5.69 Å². The number of H-pyrrole nitrogens is 1. The van der Waals surface area contributed by atoms with Crippen LogP contribution in [0.4, 0.5) is 0 Å². The summed E-state index contributed by atoms with van der Waals surface area (Å²) < 4.78 is 1.45. The molecule has 0 bridgehead atoms. The van der Waals surface area contributed by atoms with Crippen LogP contribution in [0.3, 0.4) is 0 Å². The van der Waals surface area contributed by atoms with Gasteiger partial charge in [-0.3, -0.25) is 19.0 Å².